The Hall–Kier alpha value is -2.00. The number of aliphatic hydroxyl groups is 2. The minimum Gasteiger partial charge on any atom is -0.388 e. The van der Waals surface area contributed by atoms with Crippen LogP contribution in [0.1, 0.15) is 19.9 Å². The normalized spacial score (nSPS) is 29.1. The number of hydrogen-bond donors (Lipinski definition) is 2. The molecule has 1 saturated heterocycles. The first-order chi connectivity index (χ1) is 9.91. The number of carbonyl (C=O) groups is 1. The van der Waals surface area contributed by atoms with Gasteiger partial charge in [0.05, 0.1) is 23.8 Å². The van der Waals surface area contributed by atoms with E-state index in [1.165, 1.54) is 4.90 Å². The molecule has 114 valence electrons. The minimum atomic E-state index is -0.893. The average Bonchev–Trinajstić information content (AvgIpc) is 3.04. The predicted molar refractivity (Wildman–Crippen MR) is 72.2 cm³/mol. The monoisotopic (exact) mass is 294 g/mol. The lowest BCUT2D eigenvalue weighted by Gasteiger charge is -2.32. The summed E-state index contributed by atoms with van der Waals surface area (Å²) in [5.74, 6) is 0.377. The molecule has 9 heteroatoms. The molecule has 3 atom stereocenters. The van der Waals surface area contributed by atoms with E-state index in [2.05, 4.69) is 15.5 Å². The molecule has 1 aromatic heterocycles. The maximum atomic E-state index is 12.7. The summed E-state index contributed by atoms with van der Waals surface area (Å²) in [4.78, 5) is 16.0. The van der Waals surface area contributed by atoms with Gasteiger partial charge >= 0.3 is 0 Å². The van der Waals surface area contributed by atoms with Crippen LogP contribution in [0, 0.1) is 0 Å². The largest absolute Gasteiger partial charge is 0.388 e. The fourth-order valence-electron chi connectivity index (χ4n) is 2.85. The van der Waals surface area contributed by atoms with Crippen molar-refractivity contribution in [1.29, 1.82) is 0 Å². The van der Waals surface area contributed by atoms with Gasteiger partial charge in [0.2, 0.25) is 5.95 Å². The lowest BCUT2D eigenvalue weighted by atomic mass is 10.0. The van der Waals surface area contributed by atoms with Crippen molar-refractivity contribution in [2.45, 2.75) is 32.1 Å². The molecule has 2 aliphatic heterocycles. The molecule has 2 N–H and O–H groups in total. The summed E-state index contributed by atoms with van der Waals surface area (Å²) in [6, 6.07) is -0.298. The van der Waals surface area contributed by atoms with Crippen molar-refractivity contribution in [3.8, 4) is 0 Å². The van der Waals surface area contributed by atoms with E-state index in [1.807, 2.05) is 13.8 Å². The molecule has 1 unspecified atom stereocenters. The first-order valence-corrected chi connectivity index (χ1v) is 6.79. The van der Waals surface area contributed by atoms with Crippen LogP contribution < -0.4 is 4.90 Å². The summed E-state index contributed by atoms with van der Waals surface area (Å²) in [5, 5.41) is 30.7. The Morgan fingerprint density at radius 2 is 1.90 bits per heavy atom. The highest BCUT2D eigenvalue weighted by Crippen LogP contribution is 2.33. The number of tetrazole rings is 1. The van der Waals surface area contributed by atoms with Crippen LogP contribution in [0.2, 0.25) is 0 Å². The molecule has 21 heavy (non-hydrogen) atoms. The van der Waals surface area contributed by atoms with Crippen LogP contribution in [0.5, 0.6) is 0 Å². The Balaban J connectivity index is 1.94. The molecule has 0 saturated carbocycles. The molecule has 0 aromatic carbocycles. The first kappa shape index (κ1) is 14.0. The number of rotatable bonds is 1. The third-order valence-electron chi connectivity index (χ3n) is 4.23. The van der Waals surface area contributed by atoms with Gasteiger partial charge in [0.1, 0.15) is 0 Å². The van der Waals surface area contributed by atoms with Gasteiger partial charge in [0.15, 0.2) is 0 Å². The number of amides is 1. The predicted octanol–water partition coefficient (Wildman–Crippen LogP) is -1.48. The molecule has 1 aromatic rings. The zero-order valence-electron chi connectivity index (χ0n) is 12.1. The number of likely N-dealkylation sites (tertiary alicyclic amines) is 1. The quantitative estimate of drug-likeness (QED) is 0.650. The summed E-state index contributed by atoms with van der Waals surface area (Å²) < 4.78 is 1.59. The second kappa shape index (κ2) is 4.78. The number of β-amino-alcohol motifs (C(OH)–C–C–N with tert-alkyl or cyclic N) is 2. The van der Waals surface area contributed by atoms with Gasteiger partial charge in [-0.3, -0.25) is 4.79 Å². The van der Waals surface area contributed by atoms with Crippen LogP contribution in [-0.4, -0.2) is 73.6 Å². The van der Waals surface area contributed by atoms with Crippen molar-refractivity contribution < 1.29 is 15.0 Å². The molecule has 2 aliphatic rings. The zero-order valence-corrected chi connectivity index (χ0v) is 12.1. The maximum absolute atomic E-state index is 12.7. The highest BCUT2D eigenvalue weighted by atomic mass is 16.3. The van der Waals surface area contributed by atoms with Gasteiger partial charge in [0.25, 0.3) is 5.91 Å². The summed E-state index contributed by atoms with van der Waals surface area (Å²) >= 11 is 0. The van der Waals surface area contributed by atoms with Gasteiger partial charge in [-0.25, -0.2) is 4.68 Å². The van der Waals surface area contributed by atoms with Crippen LogP contribution in [0.3, 0.4) is 0 Å². The second-order valence-corrected chi connectivity index (χ2v) is 5.50. The molecule has 0 aliphatic carbocycles. The van der Waals surface area contributed by atoms with E-state index >= 15 is 0 Å². The van der Waals surface area contributed by atoms with Gasteiger partial charge in [-0.05, 0) is 24.3 Å². The molecule has 9 nitrogen and oxygen atoms in total. The fourth-order valence-corrected chi connectivity index (χ4v) is 2.85. The molecule has 3 rings (SSSR count). The molecule has 0 spiro atoms. The number of fused-ring (bicyclic) bond motifs is 1. The van der Waals surface area contributed by atoms with Gasteiger partial charge < -0.3 is 20.0 Å². The van der Waals surface area contributed by atoms with Crippen molar-refractivity contribution in [1.82, 2.24) is 25.1 Å². The zero-order chi connectivity index (χ0) is 15.3. The third-order valence-corrected chi connectivity index (χ3v) is 4.23. The standard InChI is InChI=1S/C12H18N6O3/c1-6-10(11(21)17-4-8(19)9(20)5-17)7(2)18-12(16(6)3)13-14-15-18/h7-9,19-20H,4-5H2,1-3H3/t7?,8-,9-/m1/s1. The smallest absolute Gasteiger partial charge is 0.253 e. The Kier molecular flexibility index (Phi) is 3.18. The molecule has 1 amide bonds. The van der Waals surface area contributed by atoms with E-state index in [4.69, 9.17) is 0 Å². The average molecular weight is 294 g/mol. The van der Waals surface area contributed by atoms with Crippen LogP contribution in [0.25, 0.3) is 0 Å². The third kappa shape index (κ3) is 2.00. The summed E-state index contributed by atoms with van der Waals surface area (Å²) in [6.45, 7) is 3.96. The molecule has 0 bridgehead atoms. The highest BCUT2D eigenvalue weighted by Gasteiger charge is 2.39. The summed E-state index contributed by atoms with van der Waals surface area (Å²) in [6.07, 6.45) is -1.79. The van der Waals surface area contributed by atoms with Crippen molar-refractivity contribution in [2.24, 2.45) is 0 Å². The van der Waals surface area contributed by atoms with Crippen LogP contribution in [0.4, 0.5) is 5.95 Å². The Morgan fingerprint density at radius 1 is 1.29 bits per heavy atom. The van der Waals surface area contributed by atoms with Crippen LogP contribution >= 0.6 is 0 Å². The second-order valence-electron chi connectivity index (χ2n) is 5.50. The van der Waals surface area contributed by atoms with Gasteiger partial charge in [-0.2, -0.15) is 0 Å². The van der Waals surface area contributed by atoms with E-state index in [9.17, 15) is 15.0 Å². The van der Waals surface area contributed by atoms with Crippen molar-refractivity contribution in [2.75, 3.05) is 25.0 Å². The topological polar surface area (TPSA) is 108 Å². The molecular formula is C12H18N6O3. The molecule has 1 fully saturated rings. The minimum absolute atomic E-state index is 0.135. The number of aromatic nitrogens is 4. The number of aliphatic hydroxyl groups excluding tert-OH is 2. The molecule has 3 heterocycles. The van der Waals surface area contributed by atoms with Crippen molar-refractivity contribution in [3.63, 3.8) is 0 Å². The molecular weight excluding hydrogens is 276 g/mol. The Morgan fingerprint density at radius 3 is 2.52 bits per heavy atom. The fraction of sp³-hybridized carbons (Fsp3) is 0.667. The van der Waals surface area contributed by atoms with Gasteiger partial charge in [0, 0.05) is 25.8 Å². The van der Waals surface area contributed by atoms with E-state index in [1.54, 1.807) is 16.6 Å². The Bertz CT molecular complexity index is 602. The maximum Gasteiger partial charge on any atom is 0.253 e. The SMILES string of the molecule is CC1=C(C(=O)N2C[C@@H](O)[C@H](O)C2)C(C)n2nnnc2N1C. The first-order valence-electron chi connectivity index (χ1n) is 6.79. The number of carbonyl (C=O) groups excluding carboxylic acids is 1. The van der Waals surface area contributed by atoms with Gasteiger partial charge in [-0.1, -0.05) is 5.10 Å². The number of anilines is 1. The van der Waals surface area contributed by atoms with Crippen molar-refractivity contribution >= 4 is 11.9 Å². The van der Waals surface area contributed by atoms with E-state index in [0.717, 1.165) is 5.70 Å². The van der Waals surface area contributed by atoms with E-state index in [0.29, 0.717) is 11.5 Å². The Labute approximate surface area is 121 Å². The lowest BCUT2D eigenvalue weighted by Crippen LogP contribution is -2.39. The van der Waals surface area contributed by atoms with E-state index in [-0.39, 0.29) is 25.0 Å². The highest BCUT2D eigenvalue weighted by molar-refractivity contribution is 5.96. The summed E-state index contributed by atoms with van der Waals surface area (Å²) in [7, 11) is 1.80. The number of allylic oxidation sites excluding steroid dienone is 1. The van der Waals surface area contributed by atoms with E-state index < -0.39 is 12.2 Å². The molecule has 0 radical (unpaired) electrons. The van der Waals surface area contributed by atoms with Crippen LogP contribution in [-0.2, 0) is 4.79 Å². The number of hydrogen-bond acceptors (Lipinski definition) is 7. The lowest BCUT2D eigenvalue weighted by molar-refractivity contribution is -0.127. The summed E-state index contributed by atoms with van der Waals surface area (Å²) in [5.41, 5.74) is 1.34. The van der Waals surface area contributed by atoms with Crippen LogP contribution in [0.15, 0.2) is 11.3 Å². The number of nitrogens with zero attached hydrogens (tertiary/aromatic N) is 6. The van der Waals surface area contributed by atoms with Gasteiger partial charge in [-0.15, -0.1) is 0 Å². The van der Waals surface area contributed by atoms with Crippen molar-refractivity contribution in [3.05, 3.63) is 11.3 Å².